The van der Waals surface area contributed by atoms with Crippen molar-refractivity contribution >= 4 is 23.1 Å². The van der Waals surface area contributed by atoms with E-state index in [1.54, 1.807) is 6.20 Å². The van der Waals surface area contributed by atoms with Gasteiger partial charge >= 0.3 is 0 Å². The summed E-state index contributed by atoms with van der Waals surface area (Å²) in [6, 6.07) is 15.8. The van der Waals surface area contributed by atoms with Crippen molar-refractivity contribution in [3.8, 4) is 0 Å². The molecule has 0 unspecified atom stereocenters. The first-order valence-electron chi connectivity index (χ1n) is 5.34. The van der Waals surface area contributed by atoms with Gasteiger partial charge in [-0.2, -0.15) is 0 Å². The normalized spacial score (nSPS) is 9.65. The van der Waals surface area contributed by atoms with E-state index < -0.39 is 0 Å². The predicted octanol–water partition coefficient (Wildman–Crippen LogP) is 2.57. The SMILES string of the molecule is S=C(NCc1ccccc1)Nc1ccccn1. The molecule has 17 heavy (non-hydrogen) atoms. The largest absolute Gasteiger partial charge is 0.358 e. The Labute approximate surface area is 106 Å². The summed E-state index contributed by atoms with van der Waals surface area (Å²) in [5.41, 5.74) is 1.19. The molecule has 0 atom stereocenters. The van der Waals surface area contributed by atoms with Crippen molar-refractivity contribution in [2.24, 2.45) is 0 Å². The lowest BCUT2D eigenvalue weighted by molar-refractivity contribution is 0.925. The summed E-state index contributed by atoms with van der Waals surface area (Å²) < 4.78 is 0. The van der Waals surface area contributed by atoms with Crippen molar-refractivity contribution in [3.05, 3.63) is 60.3 Å². The summed E-state index contributed by atoms with van der Waals surface area (Å²) in [5.74, 6) is 0.748. The van der Waals surface area contributed by atoms with Crippen molar-refractivity contribution in [1.29, 1.82) is 0 Å². The maximum absolute atomic E-state index is 5.17. The molecule has 0 saturated heterocycles. The van der Waals surface area contributed by atoms with Gasteiger partial charge in [0.1, 0.15) is 5.82 Å². The third-order valence-electron chi connectivity index (χ3n) is 2.20. The first kappa shape index (κ1) is 11.5. The summed E-state index contributed by atoms with van der Waals surface area (Å²) in [4.78, 5) is 4.14. The second-order valence-corrected chi connectivity index (χ2v) is 3.92. The van der Waals surface area contributed by atoms with E-state index in [1.165, 1.54) is 5.56 Å². The number of nitrogens with one attached hydrogen (secondary N) is 2. The van der Waals surface area contributed by atoms with E-state index in [2.05, 4.69) is 27.8 Å². The Balaban J connectivity index is 1.83. The molecule has 0 aliphatic carbocycles. The first-order chi connectivity index (χ1) is 8.34. The quantitative estimate of drug-likeness (QED) is 0.812. The molecule has 0 fully saturated rings. The van der Waals surface area contributed by atoms with Crippen LogP contribution in [-0.4, -0.2) is 10.1 Å². The molecule has 3 nitrogen and oxygen atoms in total. The van der Waals surface area contributed by atoms with Crippen molar-refractivity contribution in [2.75, 3.05) is 5.32 Å². The number of rotatable bonds is 3. The van der Waals surface area contributed by atoms with Crippen molar-refractivity contribution in [3.63, 3.8) is 0 Å². The fourth-order valence-corrected chi connectivity index (χ4v) is 1.55. The smallest absolute Gasteiger partial charge is 0.172 e. The predicted molar refractivity (Wildman–Crippen MR) is 73.7 cm³/mol. The van der Waals surface area contributed by atoms with Crippen LogP contribution in [0.1, 0.15) is 5.56 Å². The van der Waals surface area contributed by atoms with Crippen LogP contribution in [0.2, 0.25) is 0 Å². The van der Waals surface area contributed by atoms with Gasteiger partial charge in [-0.1, -0.05) is 36.4 Å². The minimum atomic E-state index is 0.576. The molecule has 0 spiro atoms. The van der Waals surface area contributed by atoms with Crippen LogP contribution in [0.15, 0.2) is 54.7 Å². The highest BCUT2D eigenvalue weighted by Crippen LogP contribution is 2.00. The van der Waals surface area contributed by atoms with E-state index in [-0.39, 0.29) is 0 Å². The third kappa shape index (κ3) is 3.85. The molecule has 1 aromatic heterocycles. The number of anilines is 1. The molecule has 0 saturated carbocycles. The Bertz CT molecular complexity index is 471. The zero-order chi connectivity index (χ0) is 11.9. The van der Waals surface area contributed by atoms with Crippen LogP contribution in [0.4, 0.5) is 5.82 Å². The number of hydrogen-bond acceptors (Lipinski definition) is 2. The highest BCUT2D eigenvalue weighted by atomic mass is 32.1. The Morgan fingerprint density at radius 2 is 1.82 bits per heavy atom. The summed E-state index contributed by atoms with van der Waals surface area (Å²) in [5, 5.41) is 6.73. The minimum absolute atomic E-state index is 0.576. The van der Waals surface area contributed by atoms with Gasteiger partial charge in [-0.25, -0.2) is 4.98 Å². The van der Waals surface area contributed by atoms with Crippen LogP contribution in [0.3, 0.4) is 0 Å². The molecule has 0 bridgehead atoms. The second kappa shape index (κ2) is 5.96. The molecule has 0 amide bonds. The molecular formula is C13H13N3S. The molecule has 4 heteroatoms. The number of nitrogens with zero attached hydrogens (tertiary/aromatic N) is 1. The highest BCUT2D eigenvalue weighted by Gasteiger charge is 1.97. The zero-order valence-electron chi connectivity index (χ0n) is 9.26. The summed E-state index contributed by atoms with van der Waals surface area (Å²) in [7, 11) is 0. The molecule has 2 aromatic rings. The van der Waals surface area contributed by atoms with Gasteiger partial charge < -0.3 is 10.6 Å². The van der Waals surface area contributed by atoms with Gasteiger partial charge in [-0.15, -0.1) is 0 Å². The molecule has 1 heterocycles. The van der Waals surface area contributed by atoms with Crippen LogP contribution < -0.4 is 10.6 Å². The molecule has 0 aliphatic heterocycles. The number of pyridine rings is 1. The minimum Gasteiger partial charge on any atom is -0.358 e. The monoisotopic (exact) mass is 243 g/mol. The van der Waals surface area contributed by atoms with Crippen molar-refractivity contribution in [2.45, 2.75) is 6.54 Å². The maximum atomic E-state index is 5.17. The molecule has 0 aliphatic rings. The van der Waals surface area contributed by atoms with Crippen LogP contribution in [0.25, 0.3) is 0 Å². The summed E-state index contributed by atoms with van der Waals surface area (Å²) in [6.45, 7) is 0.708. The Hall–Kier alpha value is -1.94. The highest BCUT2D eigenvalue weighted by molar-refractivity contribution is 7.80. The van der Waals surface area contributed by atoms with E-state index in [4.69, 9.17) is 12.2 Å². The third-order valence-corrected chi connectivity index (χ3v) is 2.45. The van der Waals surface area contributed by atoms with Crippen LogP contribution >= 0.6 is 12.2 Å². The van der Waals surface area contributed by atoms with E-state index in [0.29, 0.717) is 11.7 Å². The number of thiocarbonyl (C=S) groups is 1. The molecule has 1 aromatic carbocycles. The first-order valence-corrected chi connectivity index (χ1v) is 5.75. The molecule has 0 radical (unpaired) electrons. The number of aromatic nitrogens is 1. The molecule has 2 N–H and O–H groups in total. The van der Waals surface area contributed by atoms with Gasteiger partial charge in [0.05, 0.1) is 0 Å². The maximum Gasteiger partial charge on any atom is 0.172 e. The Kier molecular flexibility index (Phi) is 4.05. The van der Waals surface area contributed by atoms with Crippen molar-refractivity contribution in [1.82, 2.24) is 10.3 Å². The lowest BCUT2D eigenvalue weighted by atomic mass is 10.2. The van der Waals surface area contributed by atoms with Gasteiger partial charge in [0.2, 0.25) is 0 Å². The number of benzene rings is 1. The van der Waals surface area contributed by atoms with Gasteiger partial charge in [0.25, 0.3) is 0 Å². The molecule has 86 valence electrons. The standard InChI is InChI=1S/C13H13N3S/c17-13(16-12-8-4-5-9-14-12)15-10-11-6-2-1-3-7-11/h1-9H,10H2,(H2,14,15,16,17). The molecular weight excluding hydrogens is 230 g/mol. The van der Waals surface area contributed by atoms with Crippen LogP contribution in [-0.2, 0) is 6.54 Å². The van der Waals surface area contributed by atoms with Gasteiger partial charge in [-0.3, -0.25) is 0 Å². The van der Waals surface area contributed by atoms with Crippen LogP contribution in [0.5, 0.6) is 0 Å². The topological polar surface area (TPSA) is 37.0 Å². The fraction of sp³-hybridized carbons (Fsp3) is 0.0769. The summed E-state index contributed by atoms with van der Waals surface area (Å²) >= 11 is 5.17. The summed E-state index contributed by atoms with van der Waals surface area (Å²) in [6.07, 6.45) is 1.72. The van der Waals surface area contributed by atoms with E-state index in [9.17, 15) is 0 Å². The van der Waals surface area contributed by atoms with Gasteiger partial charge in [-0.05, 0) is 29.9 Å². The zero-order valence-corrected chi connectivity index (χ0v) is 10.1. The average molecular weight is 243 g/mol. The molecule has 2 rings (SSSR count). The van der Waals surface area contributed by atoms with Gasteiger partial charge in [0, 0.05) is 12.7 Å². The lowest BCUT2D eigenvalue weighted by Crippen LogP contribution is -2.28. The van der Waals surface area contributed by atoms with Crippen molar-refractivity contribution < 1.29 is 0 Å². The van der Waals surface area contributed by atoms with E-state index in [0.717, 1.165) is 5.82 Å². The number of hydrogen-bond donors (Lipinski definition) is 2. The Morgan fingerprint density at radius 3 is 2.53 bits per heavy atom. The lowest BCUT2D eigenvalue weighted by Gasteiger charge is -2.09. The Morgan fingerprint density at radius 1 is 1.06 bits per heavy atom. The van der Waals surface area contributed by atoms with E-state index >= 15 is 0 Å². The second-order valence-electron chi connectivity index (χ2n) is 3.51. The van der Waals surface area contributed by atoms with E-state index in [1.807, 2.05) is 36.4 Å². The fourth-order valence-electron chi connectivity index (χ4n) is 1.38. The average Bonchev–Trinajstić information content (AvgIpc) is 2.39. The van der Waals surface area contributed by atoms with Crippen LogP contribution in [0, 0.1) is 0 Å². The van der Waals surface area contributed by atoms with Gasteiger partial charge in [0.15, 0.2) is 5.11 Å².